The molecule has 1 aromatic carbocycles. The molecule has 0 saturated carbocycles. The van der Waals surface area contributed by atoms with Gasteiger partial charge in [-0.2, -0.15) is 10.2 Å². The largest absolute Gasteiger partial charge is 0.476 e. The fraction of sp³-hybridized carbons (Fsp3) is 0.200. The van der Waals surface area contributed by atoms with Crippen molar-refractivity contribution in [3.05, 3.63) is 40.9 Å². The molecule has 0 bridgehead atoms. The van der Waals surface area contributed by atoms with Gasteiger partial charge in [-0.3, -0.25) is 0 Å². The molecular formula is C15H15ClN4O. The Labute approximate surface area is 128 Å². The van der Waals surface area contributed by atoms with Crippen molar-refractivity contribution in [3.63, 3.8) is 0 Å². The molecule has 0 aliphatic heterocycles. The molecule has 2 aromatic rings. The molecule has 21 heavy (non-hydrogen) atoms. The average molecular weight is 303 g/mol. The Kier molecular flexibility index (Phi) is 4.85. The van der Waals surface area contributed by atoms with Crippen LogP contribution in [0.4, 0.5) is 17.2 Å². The summed E-state index contributed by atoms with van der Waals surface area (Å²) in [5.74, 6) is 0.966. The molecule has 6 heteroatoms. The fourth-order valence-electron chi connectivity index (χ4n) is 1.66. The molecule has 0 saturated heterocycles. The number of hydrogen-bond donors (Lipinski definition) is 2. The van der Waals surface area contributed by atoms with Gasteiger partial charge >= 0.3 is 0 Å². The quantitative estimate of drug-likeness (QED) is 0.879. The van der Waals surface area contributed by atoms with Crippen molar-refractivity contribution in [2.45, 2.75) is 13.3 Å². The fourth-order valence-corrected chi connectivity index (χ4v) is 1.89. The highest BCUT2D eigenvalue weighted by Gasteiger charge is 2.07. The Morgan fingerprint density at radius 3 is 2.86 bits per heavy atom. The van der Waals surface area contributed by atoms with Gasteiger partial charge in [-0.1, -0.05) is 18.5 Å². The lowest BCUT2D eigenvalue weighted by Crippen LogP contribution is -2.03. The van der Waals surface area contributed by atoms with E-state index in [1.54, 1.807) is 30.3 Å². The molecular weight excluding hydrogens is 288 g/mol. The Hall–Kier alpha value is -2.45. The minimum absolute atomic E-state index is 0.395. The molecule has 3 N–H and O–H groups in total. The Bertz CT molecular complexity index is 682. The van der Waals surface area contributed by atoms with Gasteiger partial charge in [-0.25, -0.2) is 0 Å². The van der Waals surface area contributed by atoms with Crippen molar-refractivity contribution < 1.29 is 4.74 Å². The molecule has 1 aromatic heterocycles. The molecule has 0 aliphatic carbocycles. The zero-order chi connectivity index (χ0) is 15.2. The number of ether oxygens (including phenoxy) is 1. The summed E-state index contributed by atoms with van der Waals surface area (Å²) in [4.78, 5) is 4.31. The van der Waals surface area contributed by atoms with E-state index in [0.717, 1.165) is 6.42 Å². The van der Waals surface area contributed by atoms with Gasteiger partial charge in [-0.15, -0.1) is 0 Å². The number of nitrogen functional groups attached to an aromatic ring is 1. The summed E-state index contributed by atoms with van der Waals surface area (Å²) in [6.45, 7) is 2.56. The van der Waals surface area contributed by atoms with Crippen molar-refractivity contribution in [1.29, 1.82) is 5.26 Å². The van der Waals surface area contributed by atoms with Crippen LogP contribution in [-0.4, -0.2) is 11.6 Å². The van der Waals surface area contributed by atoms with E-state index in [0.29, 0.717) is 40.3 Å². The first-order valence-electron chi connectivity index (χ1n) is 6.50. The van der Waals surface area contributed by atoms with Crippen molar-refractivity contribution in [2.24, 2.45) is 0 Å². The number of halogens is 1. The monoisotopic (exact) mass is 302 g/mol. The summed E-state index contributed by atoms with van der Waals surface area (Å²) < 4.78 is 5.48. The molecule has 2 rings (SSSR count). The third-order valence-electron chi connectivity index (χ3n) is 2.69. The Morgan fingerprint density at radius 1 is 1.38 bits per heavy atom. The number of aromatic nitrogens is 1. The van der Waals surface area contributed by atoms with Gasteiger partial charge < -0.3 is 15.8 Å². The molecule has 5 nitrogen and oxygen atoms in total. The lowest BCUT2D eigenvalue weighted by Gasteiger charge is -2.11. The van der Waals surface area contributed by atoms with E-state index in [1.165, 1.54) is 0 Å². The van der Waals surface area contributed by atoms with Crippen molar-refractivity contribution in [3.8, 4) is 11.9 Å². The second-order valence-electron chi connectivity index (χ2n) is 4.37. The molecule has 0 fully saturated rings. The van der Waals surface area contributed by atoms with E-state index >= 15 is 0 Å². The van der Waals surface area contributed by atoms with Crippen LogP contribution < -0.4 is 15.8 Å². The van der Waals surface area contributed by atoms with Crippen LogP contribution in [-0.2, 0) is 0 Å². The molecule has 1 heterocycles. The highest BCUT2D eigenvalue weighted by molar-refractivity contribution is 6.33. The van der Waals surface area contributed by atoms with Gasteiger partial charge in [0.25, 0.3) is 0 Å². The van der Waals surface area contributed by atoms with E-state index in [2.05, 4.69) is 10.3 Å². The van der Waals surface area contributed by atoms with Gasteiger partial charge in [0.05, 0.1) is 34.6 Å². The second-order valence-corrected chi connectivity index (χ2v) is 4.78. The third-order valence-corrected chi connectivity index (χ3v) is 3.01. The summed E-state index contributed by atoms with van der Waals surface area (Å²) in [5, 5.41) is 12.3. The predicted molar refractivity (Wildman–Crippen MR) is 83.9 cm³/mol. The number of hydrogen-bond acceptors (Lipinski definition) is 5. The van der Waals surface area contributed by atoms with Crippen LogP contribution in [0.3, 0.4) is 0 Å². The number of nitriles is 1. The first-order valence-corrected chi connectivity index (χ1v) is 6.88. The number of nitrogens with zero attached hydrogens (tertiary/aromatic N) is 2. The molecule has 0 unspecified atom stereocenters. The van der Waals surface area contributed by atoms with Crippen molar-refractivity contribution in [2.75, 3.05) is 17.7 Å². The van der Waals surface area contributed by atoms with E-state index in [-0.39, 0.29) is 0 Å². The first-order chi connectivity index (χ1) is 10.1. The number of nitrogens with one attached hydrogen (secondary N) is 1. The second kappa shape index (κ2) is 6.82. The highest BCUT2D eigenvalue weighted by atomic mass is 35.5. The van der Waals surface area contributed by atoms with Crippen molar-refractivity contribution in [1.82, 2.24) is 4.98 Å². The van der Waals surface area contributed by atoms with E-state index in [4.69, 9.17) is 27.3 Å². The number of rotatable bonds is 5. The molecule has 108 valence electrons. The van der Waals surface area contributed by atoms with E-state index in [9.17, 15) is 0 Å². The maximum atomic E-state index is 8.82. The summed E-state index contributed by atoms with van der Waals surface area (Å²) in [6.07, 6.45) is 0.875. The van der Waals surface area contributed by atoms with Crippen LogP contribution in [0, 0.1) is 11.3 Å². The summed E-state index contributed by atoms with van der Waals surface area (Å²) in [6, 6.07) is 10.5. The maximum absolute atomic E-state index is 8.82. The number of nitrogens with two attached hydrogens (primary N) is 1. The number of anilines is 3. The van der Waals surface area contributed by atoms with E-state index in [1.807, 2.05) is 13.0 Å². The molecule has 0 aliphatic rings. The SMILES string of the molecule is CCCOc1nc(Nc2ccc(C#N)cc2Cl)ccc1N. The van der Waals surface area contributed by atoms with Crippen LogP contribution in [0.2, 0.25) is 5.02 Å². The Morgan fingerprint density at radius 2 is 2.19 bits per heavy atom. The topological polar surface area (TPSA) is 84.0 Å². The van der Waals surface area contributed by atoms with Crippen LogP contribution in [0.1, 0.15) is 18.9 Å². The van der Waals surface area contributed by atoms with Crippen LogP contribution >= 0.6 is 11.6 Å². The normalized spacial score (nSPS) is 9.95. The summed E-state index contributed by atoms with van der Waals surface area (Å²) in [5.41, 5.74) is 7.46. The minimum atomic E-state index is 0.395. The lowest BCUT2D eigenvalue weighted by atomic mass is 10.2. The molecule has 0 atom stereocenters. The summed E-state index contributed by atoms with van der Waals surface area (Å²) in [7, 11) is 0. The number of benzene rings is 1. The lowest BCUT2D eigenvalue weighted by molar-refractivity contribution is 0.307. The zero-order valence-corrected chi connectivity index (χ0v) is 12.3. The minimum Gasteiger partial charge on any atom is -0.476 e. The van der Waals surface area contributed by atoms with Gasteiger partial charge in [0.2, 0.25) is 5.88 Å². The smallest absolute Gasteiger partial charge is 0.239 e. The van der Waals surface area contributed by atoms with Crippen LogP contribution in [0.25, 0.3) is 0 Å². The average Bonchev–Trinajstić information content (AvgIpc) is 2.49. The van der Waals surface area contributed by atoms with Gasteiger partial charge in [-0.05, 0) is 36.8 Å². The zero-order valence-electron chi connectivity index (χ0n) is 11.6. The third kappa shape index (κ3) is 3.77. The molecule has 0 spiro atoms. The van der Waals surface area contributed by atoms with Crippen LogP contribution in [0.5, 0.6) is 5.88 Å². The van der Waals surface area contributed by atoms with Crippen LogP contribution in [0.15, 0.2) is 30.3 Å². The number of pyridine rings is 1. The standard InChI is InChI=1S/C15H15ClN4O/c1-2-7-21-15-12(18)4-6-14(20-15)19-13-5-3-10(9-17)8-11(13)16/h3-6,8H,2,7,18H2,1H3,(H,19,20). The van der Waals surface area contributed by atoms with Gasteiger partial charge in [0.1, 0.15) is 5.82 Å². The summed E-state index contributed by atoms with van der Waals surface area (Å²) >= 11 is 6.12. The van der Waals surface area contributed by atoms with Gasteiger partial charge in [0.15, 0.2) is 0 Å². The molecule has 0 amide bonds. The van der Waals surface area contributed by atoms with Crippen molar-refractivity contribution >= 4 is 28.8 Å². The van der Waals surface area contributed by atoms with Gasteiger partial charge in [0, 0.05) is 0 Å². The molecule has 0 radical (unpaired) electrons. The first kappa shape index (κ1) is 14.9. The highest BCUT2D eigenvalue weighted by Crippen LogP contribution is 2.28. The predicted octanol–water partition coefficient (Wildman–Crippen LogP) is 3.72. The van der Waals surface area contributed by atoms with E-state index < -0.39 is 0 Å². The maximum Gasteiger partial charge on any atom is 0.239 e. The Balaban J connectivity index is 2.21.